The van der Waals surface area contributed by atoms with Crippen LogP contribution in [0.2, 0.25) is 0 Å². The lowest BCUT2D eigenvalue weighted by Crippen LogP contribution is -2.26. The van der Waals surface area contributed by atoms with Crippen LogP contribution in [-0.2, 0) is 11.3 Å². The molecule has 0 spiro atoms. The van der Waals surface area contributed by atoms with Crippen molar-refractivity contribution in [2.24, 2.45) is 0 Å². The zero-order chi connectivity index (χ0) is 17.1. The van der Waals surface area contributed by atoms with E-state index in [-0.39, 0.29) is 18.0 Å². The molecule has 0 bridgehead atoms. The fourth-order valence-corrected chi connectivity index (χ4v) is 3.09. The molecule has 1 amide bonds. The second-order valence-corrected chi connectivity index (χ2v) is 6.51. The molecule has 1 aromatic carbocycles. The lowest BCUT2D eigenvalue weighted by molar-refractivity contribution is -0.125. The van der Waals surface area contributed by atoms with Crippen molar-refractivity contribution in [3.05, 3.63) is 69.1 Å². The number of likely N-dealkylation sites (N-methyl/N-ethyl adjacent to an activating group) is 1. The largest absolute Gasteiger partial charge is 0.335 e. The van der Waals surface area contributed by atoms with E-state index < -0.39 is 0 Å². The molecule has 0 fully saturated rings. The molecule has 0 radical (unpaired) electrons. The fraction of sp³-hybridized carbons (Fsp3) is 0.167. The van der Waals surface area contributed by atoms with Gasteiger partial charge in [0.1, 0.15) is 10.5 Å². The lowest BCUT2D eigenvalue weighted by Gasteiger charge is -2.14. The quantitative estimate of drug-likeness (QED) is 0.743. The lowest BCUT2D eigenvalue weighted by atomic mass is 10.1. The van der Waals surface area contributed by atoms with Crippen molar-refractivity contribution in [2.45, 2.75) is 13.5 Å². The molecule has 0 atom stereocenters. The monoisotopic (exact) mass is 339 g/mol. The average molecular weight is 339 g/mol. The first kappa shape index (κ1) is 16.1. The van der Waals surface area contributed by atoms with Crippen LogP contribution in [0.4, 0.5) is 0 Å². The van der Waals surface area contributed by atoms with Gasteiger partial charge in [0.15, 0.2) is 0 Å². The van der Waals surface area contributed by atoms with Crippen LogP contribution in [0, 0.1) is 6.92 Å². The van der Waals surface area contributed by atoms with Crippen molar-refractivity contribution in [1.82, 2.24) is 14.9 Å². The van der Waals surface area contributed by atoms with E-state index in [9.17, 15) is 9.59 Å². The SMILES string of the molecule is Cc1cccc(/C=C/C(=O)N(C)Cc2nc3ccsc3c(=O)[nH]2)c1. The average Bonchev–Trinajstić information content (AvgIpc) is 3.01. The number of carbonyl (C=O) groups is 1. The molecule has 0 aliphatic heterocycles. The summed E-state index contributed by atoms with van der Waals surface area (Å²) in [5.41, 5.74) is 2.61. The number of fused-ring (bicyclic) bond motifs is 1. The number of nitrogens with zero attached hydrogens (tertiary/aromatic N) is 2. The molecule has 2 heterocycles. The Kier molecular flexibility index (Phi) is 4.57. The Hall–Kier alpha value is -2.73. The van der Waals surface area contributed by atoms with E-state index in [1.807, 2.05) is 36.6 Å². The van der Waals surface area contributed by atoms with Crippen LogP contribution in [0.15, 0.2) is 46.6 Å². The van der Waals surface area contributed by atoms with Crippen LogP contribution in [0.1, 0.15) is 17.0 Å². The molecule has 24 heavy (non-hydrogen) atoms. The van der Waals surface area contributed by atoms with E-state index in [0.29, 0.717) is 16.0 Å². The summed E-state index contributed by atoms with van der Waals surface area (Å²) in [6.45, 7) is 2.26. The van der Waals surface area contributed by atoms with Gasteiger partial charge >= 0.3 is 0 Å². The van der Waals surface area contributed by atoms with Gasteiger partial charge in [0, 0.05) is 13.1 Å². The Balaban J connectivity index is 1.72. The Morgan fingerprint density at radius 1 is 1.38 bits per heavy atom. The van der Waals surface area contributed by atoms with E-state index in [1.54, 1.807) is 19.2 Å². The van der Waals surface area contributed by atoms with Gasteiger partial charge in [0.05, 0.1) is 12.1 Å². The van der Waals surface area contributed by atoms with Gasteiger partial charge in [-0.15, -0.1) is 11.3 Å². The number of benzene rings is 1. The van der Waals surface area contributed by atoms with Gasteiger partial charge in [0.2, 0.25) is 5.91 Å². The summed E-state index contributed by atoms with van der Waals surface area (Å²) in [6, 6.07) is 9.72. The van der Waals surface area contributed by atoms with Crippen LogP contribution in [0.5, 0.6) is 0 Å². The van der Waals surface area contributed by atoms with Gasteiger partial charge in [-0.1, -0.05) is 29.8 Å². The Morgan fingerprint density at radius 3 is 3.00 bits per heavy atom. The van der Waals surface area contributed by atoms with E-state index in [1.165, 1.54) is 22.3 Å². The van der Waals surface area contributed by atoms with Gasteiger partial charge in [-0.25, -0.2) is 4.98 Å². The Bertz CT molecular complexity index is 972. The molecule has 3 rings (SSSR count). The zero-order valence-corrected chi connectivity index (χ0v) is 14.3. The first-order valence-electron chi connectivity index (χ1n) is 7.49. The summed E-state index contributed by atoms with van der Waals surface area (Å²) < 4.78 is 0.604. The molecule has 0 saturated heterocycles. The number of rotatable bonds is 4. The van der Waals surface area contributed by atoms with Crippen molar-refractivity contribution >= 4 is 33.5 Å². The van der Waals surface area contributed by atoms with Gasteiger partial charge in [-0.2, -0.15) is 0 Å². The third-order valence-corrected chi connectivity index (χ3v) is 4.49. The molecule has 3 aromatic rings. The summed E-state index contributed by atoms with van der Waals surface area (Å²) in [5.74, 6) is 0.329. The third-order valence-electron chi connectivity index (χ3n) is 3.59. The summed E-state index contributed by atoms with van der Waals surface area (Å²) in [5, 5.41) is 1.83. The normalized spacial score (nSPS) is 11.2. The maximum atomic E-state index is 12.2. The Morgan fingerprint density at radius 2 is 2.21 bits per heavy atom. The van der Waals surface area contributed by atoms with Crippen LogP contribution >= 0.6 is 11.3 Å². The van der Waals surface area contributed by atoms with E-state index in [0.717, 1.165) is 11.1 Å². The minimum Gasteiger partial charge on any atom is -0.335 e. The molecule has 1 N–H and O–H groups in total. The highest BCUT2D eigenvalue weighted by molar-refractivity contribution is 7.17. The van der Waals surface area contributed by atoms with Gasteiger partial charge in [0.25, 0.3) is 5.56 Å². The smallest absolute Gasteiger partial charge is 0.268 e. The van der Waals surface area contributed by atoms with Crippen molar-refractivity contribution in [2.75, 3.05) is 7.05 Å². The second-order valence-electron chi connectivity index (χ2n) is 5.59. The highest BCUT2D eigenvalue weighted by Crippen LogP contribution is 2.14. The van der Waals surface area contributed by atoms with E-state index in [2.05, 4.69) is 9.97 Å². The molecule has 5 nitrogen and oxygen atoms in total. The number of aryl methyl sites for hydroxylation is 1. The maximum Gasteiger partial charge on any atom is 0.268 e. The number of nitrogens with one attached hydrogen (secondary N) is 1. The van der Waals surface area contributed by atoms with Gasteiger partial charge < -0.3 is 9.88 Å². The minimum atomic E-state index is -0.166. The van der Waals surface area contributed by atoms with Crippen LogP contribution in [0.25, 0.3) is 16.3 Å². The van der Waals surface area contributed by atoms with Gasteiger partial charge in [-0.05, 0) is 30.0 Å². The van der Waals surface area contributed by atoms with Crippen molar-refractivity contribution in [3.63, 3.8) is 0 Å². The minimum absolute atomic E-state index is 0.149. The highest BCUT2D eigenvalue weighted by Gasteiger charge is 2.10. The number of hydrogen-bond acceptors (Lipinski definition) is 4. The topological polar surface area (TPSA) is 66.1 Å². The first-order chi connectivity index (χ1) is 11.5. The molecule has 0 saturated carbocycles. The molecule has 0 aliphatic carbocycles. The third kappa shape index (κ3) is 3.60. The molecular weight excluding hydrogens is 322 g/mol. The van der Waals surface area contributed by atoms with E-state index >= 15 is 0 Å². The van der Waals surface area contributed by atoms with Crippen LogP contribution < -0.4 is 5.56 Å². The molecular formula is C18H17N3O2S. The molecule has 0 unspecified atom stereocenters. The molecule has 0 aliphatic rings. The van der Waals surface area contributed by atoms with Crippen molar-refractivity contribution in [1.29, 1.82) is 0 Å². The number of thiophene rings is 1. The predicted octanol–water partition coefficient (Wildman–Crippen LogP) is 2.96. The van der Waals surface area contributed by atoms with Crippen LogP contribution in [-0.4, -0.2) is 27.8 Å². The molecule has 2 aromatic heterocycles. The number of amides is 1. The maximum absolute atomic E-state index is 12.2. The predicted molar refractivity (Wildman–Crippen MR) is 96.9 cm³/mol. The first-order valence-corrected chi connectivity index (χ1v) is 8.37. The Labute approximate surface area is 143 Å². The van der Waals surface area contributed by atoms with Crippen molar-refractivity contribution in [3.8, 4) is 0 Å². The van der Waals surface area contributed by atoms with Crippen molar-refractivity contribution < 1.29 is 4.79 Å². The summed E-state index contributed by atoms with van der Waals surface area (Å²) in [6.07, 6.45) is 3.31. The van der Waals surface area contributed by atoms with Crippen LogP contribution in [0.3, 0.4) is 0 Å². The second kappa shape index (κ2) is 6.80. The summed E-state index contributed by atoms with van der Waals surface area (Å²) in [4.78, 5) is 32.8. The molecule has 6 heteroatoms. The highest BCUT2D eigenvalue weighted by atomic mass is 32.1. The zero-order valence-electron chi connectivity index (χ0n) is 13.4. The van der Waals surface area contributed by atoms with E-state index in [4.69, 9.17) is 0 Å². The molecule has 122 valence electrons. The number of aromatic nitrogens is 2. The number of H-pyrrole nitrogens is 1. The fourth-order valence-electron chi connectivity index (χ4n) is 2.37. The number of hydrogen-bond donors (Lipinski definition) is 1. The number of carbonyl (C=O) groups excluding carboxylic acids is 1. The summed E-state index contributed by atoms with van der Waals surface area (Å²) in [7, 11) is 1.68. The van der Waals surface area contributed by atoms with Gasteiger partial charge in [-0.3, -0.25) is 9.59 Å². The standard InChI is InChI=1S/C18H17N3O2S/c1-12-4-3-5-13(10-12)6-7-16(22)21(2)11-15-19-14-8-9-24-17(14)18(23)20-15/h3-10H,11H2,1-2H3,(H,19,20,23)/b7-6+. The summed E-state index contributed by atoms with van der Waals surface area (Å²) >= 11 is 1.36. The number of aromatic amines is 1.